The minimum absolute atomic E-state index is 0.0909. The van der Waals surface area contributed by atoms with E-state index in [-0.39, 0.29) is 24.0 Å². The SMILES string of the molecule is C#CCC(N)C(=O)NC1CCOC(CC)(CC)C1. The molecule has 1 saturated heterocycles. The Hall–Kier alpha value is -1.05. The molecule has 1 fully saturated rings. The van der Waals surface area contributed by atoms with Gasteiger partial charge in [0.2, 0.25) is 5.91 Å². The lowest BCUT2D eigenvalue weighted by Gasteiger charge is -2.40. The first-order chi connectivity index (χ1) is 8.56. The number of terminal acetylenes is 1. The summed E-state index contributed by atoms with van der Waals surface area (Å²) in [7, 11) is 0. The predicted molar refractivity (Wildman–Crippen MR) is 71.9 cm³/mol. The maximum absolute atomic E-state index is 11.8. The van der Waals surface area contributed by atoms with Crippen LogP contribution in [0, 0.1) is 12.3 Å². The molecule has 4 heteroatoms. The zero-order valence-corrected chi connectivity index (χ0v) is 11.4. The van der Waals surface area contributed by atoms with Crippen LogP contribution in [-0.2, 0) is 9.53 Å². The van der Waals surface area contributed by atoms with Crippen molar-refractivity contribution in [2.75, 3.05) is 6.61 Å². The Balaban J connectivity index is 2.53. The number of nitrogens with two attached hydrogens (primary N) is 1. The Labute approximate surface area is 110 Å². The van der Waals surface area contributed by atoms with Crippen LogP contribution in [0.4, 0.5) is 0 Å². The van der Waals surface area contributed by atoms with E-state index in [1.807, 2.05) is 0 Å². The van der Waals surface area contributed by atoms with Crippen LogP contribution in [0.25, 0.3) is 0 Å². The molecule has 18 heavy (non-hydrogen) atoms. The molecule has 1 aliphatic rings. The van der Waals surface area contributed by atoms with Gasteiger partial charge in [0.15, 0.2) is 0 Å². The summed E-state index contributed by atoms with van der Waals surface area (Å²) in [5.41, 5.74) is 5.60. The molecule has 1 aliphatic heterocycles. The van der Waals surface area contributed by atoms with Crippen LogP contribution in [0.1, 0.15) is 46.0 Å². The third-order valence-corrected chi connectivity index (χ3v) is 3.80. The molecular weight excluding hydrogens is 228 g/mol. The topological polar surface area (TPSA) is 64.4 Å². The van der Waals surface area contributed by atoms with Gasteiger partial charge in [-0.25, -0.2) is 0 Å². The van der Waals surface area contributed by atoms with Gasteiger partial charge in [0.05, 0.1) is 11.6 Å². The second-order valence-electron chi connectivity index (χ2n) is 4.95. The zero-order valence-electron chi connectivity index (χ0n) is 11.4. The van der Waals surface area contributed by atoms with Crippen LogP contribution in [-0.4, -0.2) is 30.2 Å². The molecule has 0 aromatic heterocycles. The summed E-state index contributed by atoms with van der Waals surface area (Å²) in [4.78, 5) is 11.8. The van der Waals surface area contributed by atoms with Gasteiger partial charge in [0.1, 0.15) is 0 Å². The van der Waals surface area contributed by atoms with Gasteiger partial charge in [-0.05, 0) is 25.7 Å². The molecule has 0 aromatic rings. The summed E-state index contributed by atoms with van der Waals surface area (Å²) in [6, 6.07) is -0.453. The molecule has 2 atom stereocenters. The van der Waals surface area contributed by atoms with Crippen LogP contribution < -0.4 is 11.1 Å². The summed E-state index contributed by atoms with van der Waals surface area (Å²) in [6.07, 6.45) is 9.06. The van der Waals surface area contributed by atoms with E-state index in [0.717, 1.165) is 25.7 Å². The summed E-state index contributed by atoms with van der Waals surface area (Å²) in [5, 5.41) is 2.99. The molecule has 1 amide bonds. The fourth-order valence-corrected chi connectivity index (χ4v) is 2.42. The van der Waals surface area contributed by atoms with E-state index in [9.17, 15) is 4.79 Å². The van der Waals surface area contributed by atoms with E-state index in [1.54, 1.807) is 0 Å². The van der Waals surface area contributed by atoms with Crippen molar-refractivity contribution in [1.29, 1.82) is 0 Å². The maximum Gasteiger partial charge on any atom is 0.238 e. The number of amides is 1. The lowest BCUT2D eigenvalue weighted by molar-refractivity contribution is -0.127. The van der Waals surface area contributed by atoms with Crippen molar-refractivity contribution in [1.82, 2.24) is 5.32 Å². The standard InChI is InChI=1S/C14H24N2O2/c1-4-7-12(15)13(17)16-11-8-9-18-14(5-2,6-3)10-11/h1,11-12H,5-10,15H2,2-3H3,(H,16,17). The first kappa shape index (κ1) is 15.0. The van der Waals surface area contributed by atoms with Crippen molar-refractivity contribution in [2.24, 2.45) is 5.73 Å². The van der Waals surface area contributed by atoms with Crippen molar-refractivity contribution < 1.29 is 9.53 Å². The average Bonchev–Trinajstić information content (AvgIpc) is 2.39. The number of nitrogens with one attached hydrogen (secondary N) is 1. The van der Waals surface area contributed by atoms with Gasteiger partial charge in [0, 0.05) is 19.1 Å². The van der Waals surface area contributed by atoms with E-state index in [2.05, 4.69) is 25.1 Å². The average molecular weight is 252 g/mol. The number of carbonyl (C=O) groups excluding carboxylic acids is 1. The van der Waals surface area contributed by atoms with E-state index >= 15 is 0 Å². The van der Waals surface area contributed by atoms with Gasteiger partial charge in [0.25, 0.3) is 0 Å². The molecule has 0 bridgehead atoms. The largest absolute Gasteiger partial charge is 0.375 e. The molecule has 0 saturated carbocycles. The van der Waals surface area contributed by atoms with Crippen LogP contribution in [0.3, 0.4) is 0 Å². The molecule has 0 aliphatic carbocycles. The number of hydrogen-bond donors (Lipinski definition) is 2. The zero-order chi connectivity index (χ0) is 13.6. The molecule has 1 heterocycles. The van der Waals surface area contributed by atoms with Crippen molar-refractivity contribution in [3.8, 4) is 12.3 Å². The lowest BCUT2D eigenvalue weighted by Crippen LogP contribution is -2.51. The highest BCUT2D eigenvalue weighted by Crippen LogP contribution is 2.31. The summed E-state index contributed by atoms with van der Waals surface area (Å²) < 4.78 is 5.87. The minimum Gasteiger partial charge on any atom is -0.375 e. The van der Waals surface area contributed by atoms with Crippen molar-refractivity contribution in [3.05, 3.63) is 0 Å². The van der Waals surface area contributed by atoms with E-state index in [4.69, 9.17) is 16.9 Å². The Morgan fingerprint density at radius 1 is 1.61 bits per heavy atom. The molecule has 0 spiro atoms. The number of ether oxygens (including phenoxy) is 1. The van der Waals surface area contributed by atoms with Gasteiger partial charge in [-0.15, -0.1) is 12.3 Å². The molecule has 0 radical (unpaired) electrons. The Bertz CT molecular complexity index is 318. The highest BCUT2D eigenvalue weighted by molar-refractivity contribution is 5.82. The molecule has 1 rings (SSSR count). The van der Waals surface area contributed by atoms with E-state index in [1.165, 1.54) is 0 Å². The maximum atomic E-state index is 11.8. The third-order valence-electron chi connectivity index (χ3n) is 3.80. The first-order valence-electron chi connectivity index (χ1n) is 6.70. The first-order valence-corrected chi connectivity index (χ1v) is 6.70. The van der Waals surface area contributed by atoms with Crippen molar-refractivity contribution in [2.45, 2.75) is 63.6 Å². The predicted octanol–water partition coefficient (Wildman–Crippen LogP) is 1.19. The van der Waals surface area contributed by atoms with Gasteiger partial charge in [-0.3, -0.25) is 4.79 Å². The van der Waals surface area contributed by atoms with Crippen molar-refractivity contribution in [3.63, 3.8) is 0 Å². The molecule has 2 unspecified atom stereocenters. The lowest BCUT2D eigenvalue weighted by atomic mass is 9.86. The second kappa shape index (κ2) is 6.77. The van der Waals surface area contributed by atoms with Crippen LogP contribution in [0.5, 0.6) is 0 Å². The molecular formula is C14H24N2O2. The van der Waals surface area contributed by atoms with Gasteiger partial charge >= 0.3 is 0 Å². The molecule has 4 nitrogen and oxygen atoms in total. The third kappa shape index (κ3) is 3.72. The van der Waals surface area contributed by atoms with E-state index in [0.29, 0.717) is 6.61 Å². The normalized spacial score (nSPS) is 24.0. The summed E-state index contributed by atoms with van der Waals surface area (Å²) >= 11 is 0. The highest BCUT2D eigenvalue weighted by atomic mass is 16.5. The molecule has 3 N–H and O–H groups in total. The smallest absolute Gasteiger partial charge is 0.238 e. The fourth-order valence-electron chi connectivity index (χ4n) is 2.42. The van der Waals surface area contributed by atoms with Crippen LogP contribution in [0.2, 0.25) is 0 Å². The van der Waals surface area contributed by atoms with E-state index < -0.39 is 6.04 Å². The Morgan fingerprint density at radius 2 is 2.28 bits per heavy atom. The van der Waals surface area contributed by atoms with Crippen LogP contribution >= 0.6 is 0 Å². The number of carbonyl (C=O) groups is 1. The number of hydrogen-bond acceptors (Lipinski definition) is 3. The van der Waals surface area contributed by atoms with Crippen molar-refractivity contribution >= 4 is 5.91 Å². The number of rotatable bonds is 5. The summed E-state index contributed by atoms with van der Waals surface area (Å²) in [5.74, 6) is 2.26. The fraction of sp³-hybridized carbons (Fsp3) is 0.786. The quantitative estimate of drug-likeness (QED) is 0.722. The van der Waals surface area contributed by atoms with Gasteiger partial charge < -0.3 is 15.8 Å². The van der Waals surface area contributed by atoms with Gasteiger partial charge in [-0.2, -0.15) is 0 Å². The highest BCUT2D eigenvalue weighted by Gasteiger charge is 2.35. The molecule has 0 aromatic carbocycles. The second-order valence-corrected chi connectivity index (χ2v) is 4.95. The van der Waals surface area contributed by atoms with Gasteiger partial charge in [-0.1, -0.05) is 13.8 Å². The minimum atomic E-state index is -0.601. The summed E-state index contributed by atoms with van der Waals surface area (Å²) in [6.45, 7) is 4.94. The Morgan fingerprint density at radius 3 is 2.83 bits per heavy atom. The van der Waals surface area contributed by atoms with Crippen LogP contribution in [0.15, 0.2) is 0 Å². The molecule has 102 valence electrons. The monoisotopic (exact) mass is 252 g/mol. The Kier molecular flexibility index (Phi) is 5.64.